The van der Waals surface area contributed by atoms with Crippen molar-refractivity contribution in [3.05, 3.63) is 74.5 Å². The van der Waals surface area contributed by atoms with Crippen LogP contribution in [0.1, 0.15) is 5.56 Å². The molecule has 0 radical (unpaired) electrons. The molecular formula is C16H12N4O5. The molecule has 0 aliphatic rings. The summed E-state index contributed by atoms with van der Waals surface area (Å²) < 4.78 is 1.28. The molecule has 1 N–H and O–H groups in total. The number of nitro groups is 2. The number of aromatic nitrogens is 2. The minimum absolute atomic E-state index is 0.0362. The lowest BCUT2D eigenvalue weighted by molar-refractivity contribution is -0.394. The molecule has 0 atom stereocenters. The van der Waals surface area contributed by atoms with Crippen molar-refractivity contribution in [2.45, 2.75) is 6.92 Å². The Labute approximate surface area is 141 Å². The first kappa shape index (κ1) is 16.1. The minimum atomic E-state index is -0.696. The average Bonchev–Trinajstić information content (AvgIpc) is 2.96. The second-order valence-corrected chi connectivity index (χ2v) is 5.31. The van der Waals surface area contributed by atoms with Gasteiger partial charge in [0.2, 0.25) is 0 Å². The lowest BCUT2D eigenvalue weighted by atomic mass is 10.1. The number of benzene rings is 2. The summed E-state index contributed by atoms with van der Waals surface area (Å²) in [5.74, 6) is 0.0362. The van der Waals surface area contributed by atoms with E-state index >= 15 is 0 Å². The maximum atomic E-state index is 11.3. The van der Waals surface area contributed by atoms with Gasteiger partial charge in [0.1, 0.15) is 11.4 Å². The summed E-state index contributed by atoms with van der Waals surface area (Å²) in [6, 6.07) is 9.96. The first-order valence-electron chi connectivity index (χ1n) is 7.16. The molecule has 3 aromatic rings. The van der Waals surface area contributed by atoms with Crippen molar-refractivity contribution in [3.8, 4) is 22.7 Å². The van der Waals surface area contributed by atoms with Crippen molar-refractivity contribution in [2.75, 3.05) is 0 Å². The molecule has 0 saturated carbocycles. The van der Waals surface area contributed by atoms with Crippen LogP contribution in [-0.2, 0) is 0 Å². The fourth-order valence-corrected chi connectivity index (χ4v) is 2.49. The van der Waals surface area contributed by atoms with Gasteiger partial charge in [0, 0.05) is 17.8 Å². The Morgan fingerprint density at radius 3 is 2.44 bits per heavy atom. The van der Waals surface area contributed by atoms with Crippen LogP contribution in [0.2, 0.25) is 0 Å². The van der Waals surface area contributed by atoms with E-state index in [1.54, 1.807) is 31.3 Å². The number of para-hydroxylation sites is 1. The molecule has 9 heteroatoms. The third-order valence-corrected chi connectivity index (χ3v) is 3.67. The Kier molecular flexibility index (Phi) is 3.89. The molecular weight excluding hydrogens is 328 g/mol. The van der Waals surface area contributed by atoms with Gasteiger partial charge in [-0.1, -0.05) is 12.1 Å². The lowest BCUT2D eigenvalue weighted by Crippen LogP contribution is -2.02. The number of aryl methyl sites for hydroxylation is 1. The van der Waals surface area contributed by atoms with Crippen molar-refractivity contribution in [3.63, 3.8) is 0 Å². The molecule has 1 aromatic heterocycles. The quantitative estimate of drug-likeness (QED) is 0.573. The molecule has 0 saturated heterocycles. The van der Waals surface area contributed by atoms with E-state index in [-0.39, 0.29) is 17.1 Å². The Hall–Kier alpha value is -3.75. The second-order valence-electron chi connectivity index (χ2n) is 5.31. The van der Waals surface area contributed by atoms with Gasteiger partial charge in [-0.2, -0.15) is 5.10 Å². The fourth-order valence-electron chi connectivity index (χ4n) is 2.49. The van der Waals surface area contributed by atoms with Crippen LogP contribution in [0.3, 0.4) is 0 Å². The molecule has 3 rings (SSSR count). The topological polar surface area (TPSA) is 124 Å². The first-order chi connectivity index (χ1) is 11.9. The van der Waals surface area contributed by atoms with E-state index in [2.05, 4.69) is 5.10 Å². The number of non-ortho nitro benzene ring substituents is 1. The van der Waals surface area contributed by atoms with Gasteiger partial charge in [0.15, 0.2) is 0 Å². The summed E-state index contributed by atoms with van der Waals surface area (Å²) in [6.45, 7) is 1.75. The summed E-state index contributed by atoms with van der Waals surface area (Å²) in [5.41, 5.74) is 0.935. The van der Waals surface area contributed by atoms with Crippen LogP contribution in [0, 0.1) is 27.2 Å². The highest BCUT2D eigenvalue weighted by molar-refractivity contribution is 5.70. The van der Waals surface area contributed by atoms with Crippen LogP contribution in [0.15, 0.2) is 48.7 Å². The molecule has 25 heavy (non-hydrogen) atoms. The lowest BCUT2D eigenvalue weighted by Gasteiger charge is -2.03. The number of hydrogen-bond acceptors (Lipinski definition) is 6. The van der Waals surface area contributed by atoms with E-state index in [1.165, 1.54) is 22.9 Å². The minimum Gasteiger partial charge on any atom is -0.507 e. The molecule has 0 amide bonds. The SMILES string of the molecule is Cc1cn(-c2ccc([N+](=O)[O-])cc2[N+](=O)[O-])nc1-c1ccccc1O. The largest absolute Gasteiger partial charge is 0.507 e. The summed E-state index contributed by atoms with van der Waals surface area (Å²) in [6.07, 6.45) is 1.57. The summed E-state index contributed by atoms with van der Waals surface area (Å²) in [5, 5.41) is 36.4. The number of aromatic hydroxyl groups is 1. The molecule has 0 aliphatic carbocycles. The molecule has 9 nitrogen and oxygen atoms in total. The molecule has 0 unspecified atom stereocenters. The predicted octanol–water partition coefficient (Wildman–Crippen LogP) is 3.37. The van der Waals surface area contributed by atoms with E-state index in [1.807, 2.05) is 0 Å². The zero-order valence-electron chi connectivity index (χ0n) is 13.0. The molecule has 126 valence electrons. The number of hydrogen-bond donors (Lipinski definition) is 1. The van der Waals surface area contributed by atoms with Gasteiger partial charge < -0.3 is 5.11 Å². The number of nitro benzene ring substituents is 2. The highest BCUT2D eigenvalue weighted by Gasteiger charge is 2.22. The van der Waals surface area contributed by atoms with E-state index in [4.69, 9.17) is 0 Å². The van der Waals surface area contributed by atoms with Crippen LogP contribution in [0.4, 0.5) is 11.4 Å². The Bertz CT molecular complexity index is 996. The van der Waals surface area contributed by atoms with Gasteiger partial charge in [-0.3, -0.25) is 20.2 Å². The normalized spacial score (nSPS) is 10.6. The Morgan fingerprint density at radius 2 is 1.80 bits per heavy atom. The second kappa shape index (κ2) is 6.04. The number of phenolic OH excluding ortho intramolecular Hbond substituents is 1. The zero-order chi connectivity index (χ0) is 18.1. The number of nitrogens with zero attached hydrogens (tertiary/aromatic N) is 4. The smallest absolute Gasteiger partial charge is 0.301 e. The zero-order valence-corrected chi connectivity index (χ0v) is 13.0. The fraction of sp³-hybridized carbons (Fsp3) is 0.0625. The number of rotatable bonds is 4. The van der Waals surface area contributed by atoms with Gasteiger partial charge >= 0.3 is 5.69 Å². The van der Waals surface area contributed by atoms with Crippen LogP contribution in [0.25, 0.3) is 16.9 Å². The van der Waals surface area contributed by atoms with Crippen molar-refractivity contribution in [1.29, 1.82) is 0 Å². The monoisotopic (exact) mass is 340 g/mol. The molecule has 0 aliphatic heterocycles. The van der Waals surface area contributed by atoms with E-state index < -0.39 is 15.5 Å². The highest BCUT2D eigenvalue weighted by atomic mass is 16.6. The highest BCUT2D eigenvalue weighted by Crippen LogP contribution is 2.32. The molecule has 0 fully saturated rings. The molecule has 0 spiro atoms. The summed E-state index contributed by atoms with van der Waals surface area (Å²) in [4.78, 5) is 20.7. The summed E-state index contributed by atoms with van der Waals surface area (Å²) in [7, 11) is 0. The van der Waals surface area contributed by atoms with E-state index in [0.29, 0.717) is 16.8 Å². The number of phenols is 1. The maximum Gasteiger partial charge on any atom is 0.301 e. The Balaban J connectivity index is 2.16. The predicted molar refractivity (Wildman–Crippen MR) is 88.7 cm³/mol. The van der Waals surface area contributed by atoms with Crippen LogP contribution in [0.5, 0.6) is 5.75 Å². The standard InChI is InChI=1S/C16H12N4O5/c1-10-9-18(17-16(10)12-4-2-3-5-15(12)21)13-7-6-11(19(22)23)8-14(13)20(24)25/h2-9,21H,1H3. The van der Waals surface area contributed by atoms with Crippen molar-refractivity contribution in [2.24, 2.45) is 0 Å². The summed E-state index contributed by atoms with van der Waals surface area (Å²) >= 11 is 0. The van der Waals surface area contributed by atoms with Crippen LogP contribution >= 0.6 is 0 Å². The average molecular weight is 340 g/mol. The van der Waals surface area contributed by atoms with Crippen LogP contribution in [-0.4, -0.2) is 24.7 Å². The van der Waals surface area contributed by atoms with Crippen LogP contribution < -0.4 is 0 Å². The van der Waals surface area contributed by atoms with Gasteiger partial charge in [0.25, 0.3) is 5.69 Å². The van der Waals surface area contributed by atoms with Crippen molar-refractivity contribution in [1.82, 2.24) is 9.78 Å². The first-order valence-corrected chi connectivity index (χ1v) is 7.16. The molecule has 2 aromatic carbocycles. The van der Waals surface area contributed by atoms with Gasteiger partial charge in [-0.15, -0.1) is 0 Å². The molecule has 1 heterocycles. The maximum absolute atomic E-state index is 11.3. The van der Waals surface area contributed by atoms with Gasteiger partial charge in [0.05, 0.1) is 21.6 Å². The van der Waals surface area contributed by atoms with E-state index in [0.717, 1.165) is 6.07 Å². The third-order valence-electron chi connectivity index (χ3n) is 3.67. The van der Waals surface area contributed by atoms with E-state index in [9.17, 15) is 25.3 Å². The van der Waals surface area contributed by atoms with Gasteiger partial charge in [-0.05, 0) is 30.7 Å². The Morgan fingerprint density at radius 1 is 1.08 bits per heavy atom. The van der Waals surface area contributed by atoms with Gasteiger partial charge in [-0.25, -0.2) is 4.68 Å². The molecule has 0 bridgehead atoms. The van der Waals surface area contributed by atoms with Crippen molar-refractivity contribution >= 4 is 11.4 Å². The van der Waals surface area contributed by atoms with Crippen molar-refractivity contribution < 1.29 is 15.0 Å². The third kappa shape index (κ3) is 2.90.